The summed E-state index contributed by atoms with van der Waals surface area (Å²) >= 11 is 0. The van der Waals surface area contributed by atoms with Crippen molar-refractivity contribution in [3.05, 3.63) is 0 Å². The summed E-state index contributed by atoms with van der Waals surface area (Å²) in [7, 11) is 0. The van der Waals surface area contributed by atoms with Gasteiger partial charge in [0.1, 0.15) is 0 Å². The summed E-state index contributed by atoms with van der Waals surface area (Å²) in [6, 6.07) is -0.307. The van der Waals surface area contributed by atoms with Gasteiger partial charge in [0.2, 0.25) is 11.8 Å². The molecule has 2 aliphatic rings. The van der Waals surface area contributed by atoms with Gasteiger partial charge in [-0.15, -0.1) is 0 Å². The molecule has 0 radical (unpaired) electrons. The summed E-state index contributed by atoms with van der Waals surface area (Å²) in [6.07, 6.45) is 2.77. The second-order valence-corrected chi connectivity index (χ2v) is 5.27. The Balaban J connectivity index is 1.89. The van der Waals surface area contributed by atoms with E-state index in [2.05, 4.69) is 10.6 Å². The number of carboxylic acid groups (broad SMARTS) is 1. The number of hydrogen-bond donors (Lipinski definition) is 4. The van der Waals surface area contributed by atoms with E-state index in [-0.39, 0.29) is 36.9 Å². The Kier molecular flexibility index (Phi) is 4.04. The van der Waals surface area contributed by atoms with E-state index in [1.54, 1.807) is 0 Å². The molecule has 0 aliphatic heterocycles. The summed E-state index contributed by atoms with van der Waals surface area (Å²) < 4.78 is 0. The van der Waals surface area contributed by atoms with Gasteiger partial charge in [-0.05, 0) is 31.1 Å². The molecule has 4 atom stereocenters. The van der Waals surface area contributed by atoms with Crippen LogP contribution < -0.4 is 16.4 Å². The van der Waals surface area contributed by atoms with Gasteiger partial charge in [0, 0.05) is 6.04 Å². The van der Waals surface area contributed by atoms with Crippen molar-refractivity contribution in [3.8, 4) is 0 Å². The lowest BCUT2D eigenvalue weighted by molar-refractivity contribution is -0.144. The second kappa shape index (κ2) is 5.56. The maximum Gasteiger partial charge on any atom is 0.308 e. The Morgan fingerprint density at radius 1 is 1.16 bits per heavy atom. The maximum atomic E-state index is 11.7. The fraction of sp³-hybridized carbons (Fsp3) is 0.750. The number of nitrogens with two attached hydrogens (primary N) is 1. The molecule has 0 saturated heterocycles. The molecule has 2 aliphatic carbocycles. The zero-order valence-electron chi connectivity index (χ0n) is 10.6. The van der Waals surface area contributed by atoms with Gasteiger partial charge in [-0.3, -0.25) is 14.4 Å². The molecule has 7 heteroatoms. The molecule has 4 unspecified atom stereocenters. The quantitative estimate of drug-likeness (QED) is 0.493. The molecular formula is C12H19N3O4. The number of aliphatic carboxylic acids is 1. The molecule has 106 valence electrons. The van der Waals surface area contributed by atoms with E-state index in [9.17, 15) is 19.5 Å². The van der Waals surface area contributed by atoms with Crippen molar-refractivity contribution in [3.63, 3.8) is 0 Å². The van der Waals surface area contributed by atoms with Crippen molar-refractivity contribution < 1.29 is 19.5 Å². The van der Waals surface area contributed by atoms with Gasteiger partial charge >= 0.3 is 5.97 Å². The predicted octanol–water partition coefficient (Wildman–Crippen LogP) is -1.32. The van der Waals surface area contributed by atoms with Crippen LogP contribution in [0.5, 0.6) is 0 Å². The Morgan fingerprint density at radius 2 is 1.84 bits per heavy atom. The third kappa shape index (κ3) is 2.86. The van der Waals surface area contributed by atoms with Crippen molar-refractivity contribution in [1.29, 1.82) is 0 Å². The van der Waals surface area contributed by atoms with Gasteiger partial charge in [0.15, 0.2) is 0 Å². The third-order valence-corrected chi connectivity index (χ3v) is 4.16. The molecule has 2 rings (SSSR count). The first-order valence-corrected chi connectivity index (χ1v) is 6.52. The lowest BCUT2D eigenvalue weighted by Gasteiger charge is -2.28. The minimum absolute atomic E-state index is 0.156. The van der Waals surface area contributed by atoms with Crippen LogP contribution in [0.2, 0.25) is 0 Å². The van der Waals surface area contributed by atoms with Crippen LogP contribution in [0.1, 0.15) is 19.3 Å². The van der Waals surface area contributed by atoms with Crippen molar-refractivity contribution in [2.75, 3.05) is 13.1 Å². The van der Waals surface area contributed by atoms with Gasteiger partial charge in [-0.25, -0.2) is 0 Å². The van der Waals surface area contributed by atoms with E-state index >= 15 is 0 Å². The van der Waals surface area contributed by atoms with Crippen molar-refractivity contribution in [2.24, 2.45) is 23.5 Å². The third-order valence-electron chi connectivity index (χ3n) is 4.16. The Morgan fingerprint density at radius 3 is 2.47 bits per heavy atom. The van der Waals surface area contributed by atoms with Crippen LogP contribution in [0.4, 0.5) is 0 Å². The van der Waals surface area contributed by atoms with Crippen LogP contribution in [-0.2, 0) is 14.4 Å². The Bertz CT molecular complexity index is 398. The van der Waals surface area contributed by atoms with Gasteiger partial charge in [-0.1, -0.05) is 0 Å². The molecule has 0 aromatic rings. The summed E-state index contributed by atoms with van der Waals surface area (Å²) in [5.74, 6) is -1.67. The predicted molar refractivity (Wildman–Crippen MR) is 66.0 cm³/mol. The molecule has 0 aromatic carbocycles. The molecule has 7 nitrogen and oxygen atoms in total. The number of hydrogen-bond acceptors (Lipinski definition) is 4. The monoisotopic (exact) mass is 269 g/mol. The minimum atomic E-state index is -0.844. The van der Waals surface area contributed by atoms with Crippen molar-refractivity contribution >= 4 is 17.8 Å². The second-order valence-electron chi connectivity index (χ2n) is 5.27. The lowest BCUT2D eigenvalue weighted by Crippen LogP contribution is -2.50. The first-order chi connectivity index (χ1) is 9.02. The molecule has 2 fully saturated rings. The smallest absolute Gasteiger partial charge is 0.308 e. The maximum absolute atomic E-state index is 11.7. The number of carbonyl (C=O) groups is 3. The topological polar surface area (TPSA) is 122 Å². The number of carbonyl (C=O) groups excluding carboxylic acids is 2. The van der Waals surface area contributed by atoms with Crippen LogP contribution in [-0.4, -0.2) is 42.0 Å². The molecule has 2 amide bonds. The standard InChI is InChI=1S/C12H19N3O4/c13-4-8(16)14-5-9(17)15-11-7-2-1-6(3-7)10(11)12(18)19/h6-7,10-11H,1-5,13H2,(H,14,16)(H,15,17)(H,18,19). The fourth-order valence-electron chi connectivity index (χ4n) is 3.34. The normalized spacial score (nSPS) is 32.1. The molecule has 0 heterocycles. The van der Waals surface area contributed by atoms with Crippen molar-refractivity contribution in [2.45, 2.75) is 25.3 Å². The number of carboxylic acids is 1. The van der Waals surface area contributed by atoms with Crippen molar-refractivity contribution in [1.82, 2.24) is 10.6 Å². The molecule has 19 heavy (non-hydrogen) atoms. The summed E-state index contributed by atoms with van der Waals surface area (Å²) in [5, 5.41) is 14.4. The van der Waals surface area contributed by atoms with E-state index in [0.717, 1.165) is 19.3 Å². The first kappa shape index (κ1) is 13.8. The van der Waals surface area contributed by atoms with Gasteiger partial charge < -0.3 is 21.5 Å². The summed E-state index contributed by atoms with van der Waals surface area (Å²) in [4.78, 5) is 33.9. The molecule has 2 bridgehead atoms. The molecule has 0 aromatic heterocycles. The number of rotatable bonds is 5. The van der Waals surface area contributed by atoms with Gasteiger partial charge in [-0.2, -0.15) is 0 Å². The van der Waals surface area contributed by atoms with E-state index in [0.29, 0.717) is 0 Å². The average molecular weight is 269 g/mol. The summed E-state index contributed by atoms with van der Waals surface area (Å²) in [6.45, 7) is -0.324. The van der Waals surface area contributed by atoms with Crippen LogP contribution in [0.25, 0.3) is 0 Å². The number of amides is 2. The lowest BCUT2D eigenvalue weighted by atomic mass is 9.84. The van der Waals surface area contributed by atoms with E-state index < -0.39 is 17.8 Å². The highest BCUT2D eigenvalue weighted by atomic mass is 16.4. The van der Waals surface area contributed by atoms with E-state index in [1.165, 1.54) is 0 Å². The van der Waals surface area contributed by atoms with Crippen LogP contribution >= 0.6 is 0 Å². The highest BCUT2D eigenvalue weighted by molar-refractivity contribution is 5.86. The highest BCUT2D eigenvalue weighted by Crippen LogP contribution is 2.48. The van der Waals surface area contributed by atoms with Gasteiger partial charge in [0.25, 0.3) is 0 Å². The molecular weight excluding hydrogens is 250 g/mol. The highest BCUT2D eigenvalue weighted by Gasteiger charge is 2.51. The number of fused-ring (bicyclic) bond motifs is 2. The van der Waals surface area contributed by atoms with Gasteiger partial charge in [0.05, 0.1) is 19.0 Å². The van der Waals surface area contributed by atoms with Crippen LogP contribution in [0.15, 0.2) is 0 Å². The Labute approximate surface area is 110 Å². The van der Waals surface area contributed by atoms with E-state index in [1.807, 2.05) is 0 Å². The van der Waals surface area contributed by atoms with Crippen LogP contribution in [0.3, 0.4) is 0 Å². The molecule has 5 N–H and O–H groups in total. The zero-order chi connectivity index (χ0) is 14.0. The number of nitrogens with one attached hydrogen (secondary N) is 2. The summed E-state index contributed by atoms with van der Waals surface area (Å²) in [5.41, 5.74) is 5.11. The van der Waals surface area contributed by atoms with Crippen LogP contribution in [0, 0.1) is 17.8 Å². The molecule has 0 spiro atoms. The SMILES string of the molecule is NCC(=O)NCC(=O)NC1C2CCC(C2)C1C(=O)O. The minimum Gasteiger partial charge on any atom is -0.481 e. The molecule has 2 saturated carbocycles. The Hall–Kier alpha value is -1.63. The fourth-order valence-corrected chi connectivity index (χ4v) is 3.34. The first-order valence-electron chi connectivity index (χ1n) is 6.52. The average Bonchev–Trinajstić information content (AvgIpc) is 2.96. The zero-order valence-corrected chi connectivity index (χ0v) is 10.6. The largest absolute Gasteiger partial charge is 0.481 e. The van der Waals surface area contributed by atoms with E-state index in [4.69, 9.17) is 5.73 Å².